The molecule has 0 spiro atoms. The van der Waals surface area contributed by atoms with Gasteiger partial charge in [0.05, 0.1) is 5.56 Å². The summed E-state index contributed by atoms with van der Waals surface area (Å²) < 4.78 is 47.2. The lowest BCUT2D eigenvalue weighted by Crippen LogP contribution is -2.31. The Morgan fingerprint density at radius 2 is 1.86 bits per heavy atom. The van der Waals surface area contributed by atoms with E-state index in [9.17, 15) is 22.8 Å². The van der Waals surface area contributed by atoms with Gasteiger partial charge in [-0.1, -0.05) is 0 Å². The van der Waals surface area contributed by atoms with Gasteiger partial charge in [0, 0.05) is 6.42 Å². The number of alkyl halides is 3. The molecule has 0 heterocycles. The number of ether oxygens (including phenoxy) is 2. The molecule has 0 N–H and O–H groups in total. The van der Waals surface area contributed by atoms with Crippen molar-refractivity contribution in [2.75, 3.05) is 6.61 Å². The number of hydrogen-bond donors (Lipinski definition) is 0. The minimum Gasteiger partial charge on any atom is -0.482 e. The van der Waals surface area contributed by atoms with Gasteiger partial charge in [-0.3, -0.25) is 4.79 Å². The molecule has 0 aliphatic heterocycles. The maximum Gasteiger partial charge on any atom is 0.416 e. The third-order valence-corrected chi connectivity index (χ3v) is 3.31. The highest BCUT2D eigenvalue weighted by Gasteiger charge is 2.30. The van der Waals surface area contributed by atoms with Gasteiger partial charge in [-0.25, -0.2) is 4.79 Å². The van der Waals surface area contributed by atoms with E-state index in [0.717, 1.165) is 37.1 Å². The van der Waals surface area contributed by atoms with Crippen molar-refractivity contribution >= 4 is 11.8 Å². The number of carbonyl (C=O) groups excluding carboxylic acids is 2. The fraction of sp³-hybridized carbons (Fsp3) is 0.467. The molecule has 1 aromatic carbocycles. The van der Waals surface area contributed by atoms with Crippen molar-refractivity contribution in [1.82, 2.24) is 0 Å². The van der Waals surface area contributed by atoms with Crippen LogP contribution in [0.25, 0.3) is 0 Å². The quantitative estimate of drug-likeness (QED) is 0.801. The molecular formula is C15H15F3O4. The Hall–Kier alpha value is -2.05. The lowest BCUT2D eigenvalue weighted by molar-refractivity contribution is -0.158. The highest BCUT2D eigenvalue weighted by Crippen LogP contribution is 2.30. The van der Waals surface area contributed by atoms with Gasteiger partial charge in [0.2, 0.25) is 0 Å². The molecule has 2 rings (SSSR count). The van der Waals surface area contributed by atoms with Gasteiger partial charge in [0.15, 0.2) is 18.5 Å². The third-order valence-electron chi connectivity index (χ3n) is 3.31. The topological polar surface area (TPSA) is 52.6 Å². The van der Waals surface area contributed by atoms with Crippen LogP contribution in [0.15, 0.2) is 24.3 Å². The third kappa shape index (κ3) is 4.47. The van der Waals surface area contributed by atoms with Crippen LogP contribution in [0.3, 0.4) is 0 Å². The van der Waals surface area contributed by atoms with Crippen molar-refractivity contribution in [3.63, 3.8) is 0 Å². The average molecular weight is 316 g/mol. The summed E-state index contributed by atoms with van der Waals surface area (Å²) in [7, 11) is 0. The average Bonchev–Trinajstić information content (AvgIpc) is 2.47. The Morgan fingerprint density at radius 1 is 1.18 bits per heavy atom. The Kier molecular flexibility index (Phi) is 5.05. The molecular weight excluding hydrogens is 301 g/mol. The molecule has 0 saturated heterocycles. The van der Waals surface area contributed by atoms with Gasteiger partial charge < -0.3 is 9.47 Å². The van der Waals surface area contributed by atoms with Crippen LogP contribution in [-0.2, 0) is 20.5 Å². The highest BCUT2D eigenvalue weighted by molar-refractivity contribution is 5.86. The summed E-state index contributed by atoms with van der Waals surface area (Å²) >= 11 is 0. The summed E-state index contributed by atoms with van der Waals surface area (Å²) in [4.78, 5) is 23.1. The zero-order valence-corrected chi connectivity index (χ0v) is 11.7. The number of benzene rings is 1. The number of esters is 1. The van der Waals surface area contributed by atoms with Crippen molar-refractivity contribution in [3.8, 4) is 5.75 Å². The molecule has 22 heavy (non-hydrogen) atoms. The van der Waals surface area contributed by atoms with Crippen molar-refractivity contribution in [1.29, 1.82) is 0 Å². The van der Waals surface area contributed by atoms with E-state index in [-0.39, 0.29) is 11.5 Å². The molecule has 1 atom stereocenters. The van der Waals surface area contributed by atoms with Gasteiger partial charge in [-0.05, 0) is 43.5 Å². The molecule has 1 aliphatic carbocycles. The lowest BCUT2D eigenvalue weighted by atomic mass is 9.96. The minimum atomic E-state index is -4.42. The van der Waals surface area contributed by atoms with E-state index >= 15 is 0 Å². The van der Waals surface area contributed by atoms with Gasteiger partial charge >= 0.3 is 12.1 Å². The maximum atomic E-state index is 12.4. The van der Waals surface area contributed by atoms with Crippen LogP contribution in [0.4, 0.5) is 13.2 Å². The number of halogens is 3. The lowest BCUT2D eigenvalue weighted by Gasteiger charge is -2.20. The second-order valence-electron chi connectivity index (χ2n) is 5.00. The normalized spacial score (nSPS) is 18.9. The Bertz CT molecular complexity index is 537. The van der Waals surface area contributed by atoms with E-state index in [1.807, 2.05) is 0 Å². The fourth-order valence-electron chi connectivity index (χ4n) is 2.15. The van der Waals surface area contributed by atoms with Gasteiger partial charge in [0.1, 0.15) is 5.75 Å². The van der Waals surface area contributed by atoms with Gasteiger partial charge in [-0.15, -0.1) is 0 Å². The summed E-state index contributed by atoms with van der Waals surface area (Å²) in [5.74, 6) is -0.686. The summed E-state index contributed by atoms with van der Waals surface area (Å²) in [5.41, 5.74) is -0.796. The number of rotatable bonds is 4. The van der Waals surface area contributed by atoms with E-state index in [1.54, 1.807) is 0 Å². The first kappa shape index (κ1) is 16.3. The summed E-state index contributed by atoms with van der Waals surface area (Å²) in [5, 5.41) is 0. The summed E-state index contributed by atoms with van der Waals surface area (Å²) in [6.45, 7) is -0.449. The van der Waals surface area contributed by atoms with Crippen molar-refractivity contribution < 1.29 is 32.2 Å². The van der Waals surface area contributed by atoms with E-state index in [4.69, 9.17) is 9.47 Å². The van der Waals surface area contributed by atoms with Gasteiger partial charge in [-0.2, -0.15) is 13.2 Å². The van der Waals surface area contributed by atoms with Crippen LogP contribution in [-0.4, -0.2) is 24.5 Å². The highest BCUT2D eigenvalue weighted by atomic mass is 19.4. The molecule has 1 aromatic rings. The Labute approximate surface area is 125 Å². The molecule has 1 aliphatic rings. The molecule has 1 saturated carbocycles. The van der Waals surface area contributed by atoms with E-state index < -0.39 is 30.4 Å². The molecule has 0 radical (unpaired) electrons. The van der Waals surface area contributed by atoms with Gasteiger partial charge in [0.25, 0.3) is 0 Å². The molecule has 7 heteroatoms. The van der Waals surface area contributed by atoms with Crippen molar-refractivity contribution in [3.05, 3.63) is 29.8 Å². The minimum absolute atomic E-state index is 0.103. The number of Topliss-reactive ketones (excluding diaryl/α,β-unsaturated/α-hetero) is 1. The molecule has 0 amide bonds. The molecule has 0 unspecified atom stereocenters. The van der Waals surface area contributed by atoms with Crippen LogP contribution >= 0.6 is 0 Å². The fourth-order valence-corrected chi connectivity index (χ4v) is 2.15. The predicted molar refractivity (Wildman–Crippen MR) is 70.3 cm³/mol. The molecule has 120 valence electrons. The van der Waals surface area contributed by atoms with Crippen LogP contribution in [0.1, 0.15) is 31.2 Å². The van der Waals surface area contributed by atoms with Crippen LogP contribution in [0.5, 0.6) is 5.75 Å². The van der Waals surface area contributed by atoms with Crippen LogP contribution in [0, 0.1) is 0 Å². The van der Waals surface area contributed by atoms with Crippen LogP contribution < -0.4 is 4.74 Å². The number of ketones is 1. The predicted octanol–water partition coefficient (Wildman–Crippen LogP) is 3.14. The molecule has 4 nitrogen and oxygen atoms in total. The molecule has 1 fully saturated rings. The van der Waals surface area contributed by atoms with E-state index in [0.29, 0.717) is 12.8 Å². The molecule has 0 bridgehead atoms. The summed E-state index contributed by atoms with van der Waals surface area (Å²) in [6.07, 6.45) is -2.61. The summed E-state index contributed by atoms with van der Waals surface area (Å²) in [6, 6.07) is 3.99. The monoisotopic (exact) mass is 316 g/mol. The zero-order valence-electron chi connectivity index (χ0n) is 11.7. The second-order valence-corrected chi connectivity index (χ2v) is 5.00. The standard InChI is InChI=1S/C15H15F3O4/c16-15(17,18)10-5-7-11(8-6-10)21-9-14(20)22-13-4-2-1-3-12(13)19/h5-8,13H,1-4,9H2/t13-/m0/s1. The molecule has 0 aromatic heterocycles. The van der Waals surface area contributed by atoms with Crippen molar-refractivity contribution in [2.24, 2.45) is 0 Å². The van der Waals surface area contributed by atoms with E-state index in [1.165, 1.54) is 0 Å². The van der Waals surface area contributed by atoms with Crippen molar-refractivity contribution in [2.45, 2.75) is 38.0 Å². The largest absolute Gasteiger partial charge is 0.482 e. The first-order chi connectivity index (χ1) is 10.4. The SMILES string of the molecule is O=C(COc1ccc(C(F)(F)F)cc1)O[C@H]1CCCCC1=O. The zero-order chi connectivity index (χ0) is 16.2. The second kappa shape index (κ2) is 6.81. The van der Waals surface area contributed by atoms with E-state index in [2.05, 4.69) is 0 Å². The first-order valence-electron chi connectivity index (χ1n) is 6.88. The number of hydrogen-bond acceptors (Lipinski definition) is 4. The Balaban J connectivity index is 1.82. The Morgan fingerprint density at radius 3 is 2.45 bits per heavy atom. The smallest absolute Gasteiger partial charge is 0.416 e. The maximum absolute atomic E-state index is 12.4. The van der Waals surface area contributed by atoms with Crippen LogP contribution in [0.2, 0.25) is 0 Å². The first-order valence-corrected chi connectivity index (χ1v) is 6.88. The number of carbonyl (C=O) groups is 2.